The maximum atomic E-state index is 12.1. The first-order valence-corrected chi connectivity index (χ1v) is 7.48. The summed E-state index contributed by atoms with van der Waals surface area (Å²) < 4.78 is 0. The first-order chi connectivity index (χ1) is 11.1. The van der Waals surface area contributed by atoms with Gasteiger partial charge in [0.1, 0.15) is 6.04 Å². The second-order valence-electron chi connectivity index (χ2n) is 5.26. The van der Waals surface area contributed by atoms with Gasteiger partial charge in [-0.3, -0.25) is 9.59 Å². The number of carbonyl (C=O) groups is 2. The Balaban J connectivity index is 2.14. The zero-order valence-electron chi connectivity index (χ0n) is 13.3. The minimum absolute atomic E-state index is 0.0845. The van der Waals surface area contributed by atoms with E-state index in [1.165, 1.54) is 6.92 Å². The van der Waals surface area contributed by atoms with Crippen LogP contribution in [0.5, 0.6) is 0 Å². The van der Waals surface area contributed by atoms with Crippen LogP contribution in [-0.4, -0.2) is 24.9 Å². The van der Waals surface area contributed by atoms with Crippen molar-refractivity contribution < 1.29 is 9.59 Å². The molecule has 0 aromatic heterocycles. The van der Waals surface area contributed by atoms with Crippen LogP contribution in [0.4, 0.5) is 11.4 Å². The SMILES string of the molecule is CNC(=O)C(Cc1ccccc1)Nc1cccc(NC(C)=O)c1. The zero-order valence-corrected chi connectivity index (χ0v) is 13.3. The van der Waals surface area contributed by atoms with E-state index >= 15 is 0 Å². The number of amides is 2. The van der Waals surface area contributed by atoms with E-state index in [1.54, 1.807) is 13.1 Å². The highest BCUT2D eigenvalue weighted by molar-refractivity contribution is 5.89. The molecular formula is C18H21N3O2. The molecule has 3 N–H and O–H groups in total. The fourth-order valence-corrected chi connectivity index (χ4v) is 2.32. The molecule has 0 bridgehead atoms. The lowest BCUT2D eigenvalue weighted by molar-refractivity contribution is -0.121. The van der Waals surface area contributed by atoms with E-state index in [4.69, 9.17) is 0 Å². The molecule has 2 amide bonds. The summed E-state index contributed by atoms with van der Waals surface area (Å²) in [6, 6.07) is 16.8. The van der Waals surface area contributed by atoms with E-state index in [0.717, 1.165) is 11.3 Å². The lowest BCUT2D eigenvalue weighted by atomic mass is 10.0. The molecule has 5 nitrogen and oxygen atoms in total. The molecule has 0 aliphatic rings. The fourth-order valence-electron chi connectivity index (χ4n) is 2.32. The monoisotopic (exact) mass is 311 g/mol. The predicted octanol–water partition coefficient (Wildman–Crippen LogP) is 2.41. The summed E-state index contributed by atoms with van der Waals surface area (Å²) in [4.78, 5) is 23.3. The zero-order chi connectivity index (χ0) is 16.7. The van der Waals surface area contributed by atoms with Gasteiger partial charge in [0.05, 0.1) is 0 Å². The number of hydrogen-bond acceptors (Lipinski definition) is 3. The molecule has 2 aromatic carbocycles. The number of likely N-dealkylation sites (N-methyl/N-ethyl adjacent to an activating group) is 1. The third kappa shape index (κ3) is 5.14. The lowest BCUT2D eigenvalue weighted by Gasteiger charge is -2.19. The van der Waals surface area contributed by atoms with Crippen LogP contribution >= 0.6 is 0 Å². The molecular weight excluding hydrogens is 290 g/mol. The van der Waals surface area contributed by atoms with Crippen LogP contribution in [0.2, 0.25) is 0 Å². The van der Waals surface area contributed by atoms with Crippen molar-refractivity contribution in [2.24, 2.45) is 0 Å². The average Bonchev–Trinajstić information content (AvgIpc) is 2.54. The Bertz CT molecular complexity index is 671. The van der Waals surface area contributed by atoms with Crippen LogP contribution in [0.15, 0.2) is 54.6 Å². The number of carbonyl (C=O) groups excluding carboxylic acids is 2. The van der Waals surface area contributed by atoms with E-state index in [9.17, 15) is 9.59 Å². The van der Waals surface area contributed by atoms with Gasteiger partial charge in [-0.15, -0.1) is 0 Å². The normalized spacial score (nSPS) is 11.4. The van der Waals surface area contributed by atoms with Crippen molar-refractivity contribution in [2.75, 3.05) is 17.7 Å². The minimum Gasteiger partial charge on any atom is -0.373 e. The maximum Gasteiger partial charge on any atom is 0.242 e. The van der Waals surface area contributed by atoms with Crippen molar-refractivity contribution in [1.29, 1.82) is 0 Å². The maximum absolute atomic E-state index is 12.1. The highest BCUT2D eigenvalue weighted by atomic mass is 16.2. The summed E-state index contributed by atoms with van der Waals surface area (Å²) >= 11 is 0. The molecule has 1 unspecified atom stereocenters. The van der Waals surface area contributed by atoms with Gasteiger partial charge in [0.2, 0.25) is 11.8 Å². The Labute approximate surface area is 136 Å². The van der Waals surface area contributed by atoms with Gasteiger partial charge in [0.15, 0.2) is 0 Å². The van der Waals surface area contributed by atoms with E-state index in [2.05, 4.69) is 16.0 Å². The highest BCUT2D eigenvalue weighted by Crippen LogP contribution is 2.17. The lowest BCUT2D eigenvalue weighted by Crippen LogP contribution is -2.39. The van der Waals surface area contributed by atoms with Crippen molar-refractivity contribution in [3.05, 3.63) is 60.2 Å². The summed E-state index contributed by atoms with van der Waals surface area (Å²) in [5, 5.41) is 8.64. The third-order valence-corrected chi connectivity index (χ3v) is 3.37. The molecule has 2 aromatic rings. The topological polar surface area (TPSA) is 70.2 Å². The van der Waals surface area contributed by atoms with E-state index in [1.807, 2.05) is 48.5 Å². The molecule has 0 saturated carbocycles. The number of hydrogen-bond donors (Lipinski definition) is 3. The van der Waals surface area contributed by atoms with Crippen molar-refractivity contribution in [1.82, 2.24) is 5.32 Å². The second kappa shape index (κ2) is 7.98. The van der Waals surface area contributed by atoms with Crippen LogP contribution in [0.25, 0.3) is 0 Å². The molecule has 1 atom stereocenters. The number of benzene rings is 2. The molecule has 23 heavy (non-hydrogen) atoms. The Morgan fingerprint density at radius 3 is 2.35 bits per heavy atom. The molecule has 0 fully saturated rings. The second-order valence-corrected chi connectivity index (χ2v) is 5.26. The fraction of sp³-hybridized carbons (Fsp3) is 0.222. The number of rotatable bonds is 6. The predicted molar refractivity (Wildman–Crippen MR) is 92.4 cm³/mol. The van der Waals surface area contributed by atoms with Crippen LogP contribution in [0, 0.1) is 0 Å². The summed E-state index contributed by atoms with van der Waals surface area (Å²) in [6.45, 7) is 1.46. The third-order valence-electron chi connectivity index (χ3n) is 3.37. The van der Waals surface area contributed by atoms with Crippen LogP contribution in [0.1, 0.15) is 12.5 Å². The van der Waals surface area contributed by atoms with Crippen molar-refractivity contribution >= 4 is 23.2 Å². The van der Waals surface area contributed by atoms with Crippen molar-refractivity contribution in [2.45, 2.75) is 19.4 Å². The smallest absolute Gasteiger partial charge is 0.242 e. The molecule has 2 rings (SSSR count). The number of anilines is 2. The van der Waals surface area contributed by atoms with E-state index in [0.29, 0.717) is 12.1 Å². The Morgan fingerprint density at radius 2 is 1.70 bits per heavy atom. The average molecular weight is 311 g/mol. The minimum atomic E-state index is -0.394. The van der Waals surface area contributed by atoms with Crippen molar-refractivity contribution in [3.8, 4) is 0 Å². The van der Waals surface area contributed by atoms with Crippen LogP contribution in [-0.2, 0) is 16.0 Å². The van der Waals surface area contributed by atoms with Crippen molar-refractivity contribution in [3.63, 3.8) is 0 Å². The Kier molecular flexibility index (Phi) is 5.74. The van der Waals surface area contributed by atoms with Gasteiger partial charge < -0.3 is 16.0 Å². The van der Waals surface area contributed by atoms with Gasteiger partial charge in [-0.2, -0.15) is 0 Å². The molecule has 0 aliphatic carbocycles. The summed E-state index contributed by atoms with van der Waals surface area (Å²) in [6.07, 6.45) is 0.574. The Morgan fingerprint density at radius 1 is 1.00 bits per heavy atom. The van der Waals surface area contributed by atoms with E-state index < -0.39 is 6.04 Å². The largest absolute Gasteiger partial charge is 0.373 e. The number of nitrogens with one attached hydrogen (secondary N) is 3. The highest BCUT2D eigenvalue weighted by Gasteiger charge is 2.17. The Hall–Kier alpha value is -2.82. The quantitative estimate of drug-likeness (QED) is 0.767. The molecule has 0 spiro atoms. The standard InChI is InChI=1S/C18H21N3O2/c1-13(22)20-15-9-6-10-16(12-15)21-17(18(23)19-2)11-14-7-4-3-5-8-14/h3-10,12,17,21H,11H2,1-2H3,(H,19,23)(H,20,22). The van der Waals surface area contributed by atoms with Crippen LogP contribution < -0.4 is 16.0 Å². The molecule has 120 valence electrons. The van der Waals surface area contributed by atoms with E-state index in [-0.39, 0.29) is 11.8 Å². The molecule has 5 heteroatoms. The first-order valence-electron chi connectivity index (χ1n) is 7.48. The molecule has 0 radical (unpaired) electrons. The first kappa shape index (κ1) is 16.5. The van der Waals surface area contributed by atoms with Gasteiger partial charge in [-0.05, 0) is 23.8 Å². The summed E-state index contributed by atoms with van der Waals surface area (Å²) in [5.74, 6) is -0.215. The summed E-state index contributed by atoms with van der Waals surface area (Å²) in [5.41, 5.74) is 2.55. The molecule has 0 saturated heterocycles. The van der Waals surface area contributed by atoms with Gasteiger partial charge in [0.25, 0.3) is 0 Å². The van der Waals surface area contributed by atoms with Gasteiger partial charge >= 0.3 is 0 Å². The molecule has 0 heterocycles. The molecule has 0 aliphatic heterocycles. The van der Waals surface area contributed by atoms with Gasteiger partial charge in [-0.1, -0.05) is 36.4 Å². The summed E-state index contributed by atoms with van der Waals surface area (Å²) in [7, 11) is 1.62. The van der Waals surface area contributed by atoms with Crippen LogP contribution in [0.3, 0.4) is 0 Å². The van der Waals surface area contributed by atoms with Gasteiger partial charge in [0, 0.05) is 31.8 Å². The van der Waals surface area contributed by atoms with Gasteiger partial charge in [-0.25, -0.2) is 0 Å².